The van der Waals surface area contributed by atoms with Crippen molar-refractivity contribution in [1.29, 1.82) is 0 Å². The van der Waals surface area contributed by atoms with Crippen LogP contribution in [0.5, 0.6) is 0 Å². The molecule has 2 heterocycles. The summed E-state index contributed by atoms with van der Waals surface area (Å²) in [5, 5.41) is 2.83. The van der Waals surface area contributed by atoms with Crippen LogP contribution in [0.4, 0.5) is 17.2 Å². The molecule has 3 aromatic rings. The fraction of sp³-hybridized carbons (Fsp3) is 0.308. The van der Waals surface area contributed by atoms with Crippen LogP contribution in [0.2, 0.25) is 0 Å². The summed E-state index contributed by atoms with van der Waals surface area (Å²) in [6.45, 7) is 8.14. The lowest BCUT2D eigenvalue weighted by molar-refractivity contribution is 0.00578. The van der Waals surface area contributed by atoms with E-state index in [1.807, 2.05) is 89.2 Å². The summed E-state index contributed by atoms with van der Waals surface area (Å²) in [7, 11) is 3.48. The highest BCUT2D eigenvalue weighted by Crippen LogP contribution is 2.36. The highest BCUT2D eigenvalue weighted by atomic mass is 16.7. The molecule has 1 amide bonds. The molecule has 1 aromatic heterocycles. The van der Waals surface area contributed by atoms with Crippen molar-refractivity contribution in [1.82, 2.24) is 4.98 Å². The van der Waals surface area contributed by atoms with Gasteiger partial charge in [0, 0.05) is 30.9 Å². The quantitative estimate of drug-likeness (QED) is 0.563. The number of hydrogen-bond acceptors (Lipinski definition) is 6. The summed E-state index contributed by atoms with van der Waals surface area (Å²) in [5.74, 6) is 0.0620. The normalized spacial score (nSPS) is 16.4. The Kier molecular flexibility index (Phi) is 6.14. The predicted octanol–water partition coefficient (Wildman–Crippen LogP) is 3.95. The van der Waals surface area contributed by atoms with Gasteiger partial charge in [-0.2, -0.15) is 0 Å². The zero-order valence-electron chi connectivity index (χ0n) is 20.5. The Hall–Kier alpha value is -3.36. The van der Waals surface area contributed by atoms with Gasteiger partial charge in [-0.15, -0.1) is 0 Å². The topological polar surface area (TPSA) is 89.7 Å². The molecule has 0 bridgehead atoms. The first-order valence-corrected chi connectivity index (χ1v) is 11.3. The van der Waals surface area contributed by atoms with E-state index in [1.54, 1.807) is 18.2 Å². The number of aromatic nitrogens is 1. The van der Waals surface area contributed by atoms with Crippen molar-refractivity contribution >= 4 is 35.7 Å². The van der Waals surface area contributed by atoms with Crippen LogP contribution in [-0.2, 0) is 9.31 Å². The Bertz CT molecular complexity index is 1180. The zero-order chi connectivity index (χ0) is 24.7. The van der Waals surface area contributed by atoms with Crippen LogP contribution in [0.15, 0.2) is 60.7 Å². The third-order valence-corrected chi connectivity index (χ3v) is 6.54. The fourth-order valence-electron chi connectivity index (χ4n) is 3.61. The van der Waals surface area contributed by atoms with Crippen molar-refractivity contribution in [3.8, 4) is 11.3 Å². The highest BCUT2D eigenvalue weighted by Gasteiger charge is 2.51. The first-order valence-electron chi connectivity index (χ1n) is 11.3. The van der Waals surface area contributed by atoms with E-state index in [0.717, 1.165) is 16.7 Å². The van der Waals surface area contributed by atoms with Crippen molar-refractivity contribution in [3.05, 3.63) is 66.2 Å². The molecule has 0 atom stereocenters. The Labute approximate surface area is 201 Å². The van der Waals surface area contributed by atoms with E-state index < -0.39 is 18.3 Å². The van der Waals surface area contributed by atoms with Crippen LogP contribution >= 0.6 is 0 Å². The number of nitrogens with two attached hydrogens (primary N) is 1. The molecule has 34 heavy (non-hydrogen) atoms. The molecule has 0 saturated carbocycles. The predicted molar refractivity (Wildman–Crippen MR) is 139 cm³/mol. The minimum absolute atomic E-state index is 0.266. The first-order chi connectivity index (χ1) is 16.0. The van der Waals surface area contributed by atoms with E-state index >= 15 is 0 Å². The van der Waals surface area contributed by atoms with E-state index in [-0.39, 0.29) is 5.91 Å². The average molecular weight is 458 g/mol. The molecule has 2 aromatic carbocycles. The fourth-order valence-corrected chi connectivity index (χ4v) is 3.61. The Morgan fingerprint density at radius 2 is 1.50 bits per heavy atom. The number of carbonyl (C=O) groups is 1. The van der Waals surface area contributed by atoms with Gasteiger partial charge in [0.2, 0.25) is 0 Å². The molecule has 7 nitrogen and oxygen atoms in total. The lowest BCUT2D eigenvalue weighted by Crippen LogP contribution is -2.41. The SMILES string of the molecule is CN(C)c1ccc(C(=O)Nc2nc(-c3ccc(B4OC(C)(C)C(C)(C)O4)cc3)ccc2N)cc1. The van der Waals surface area contributed by atoms with Crippen molar-refractivity contribution in [2.45, 2.75) is 38.9 Å². The second-order valence-electron chi connectivity index (χ2n) is 9.74. The number of amides is 1. The van der Waals surface area contributed by atoms with E-state index in [9.17, 15) is 4.79 Å². The summed E-state index contributed by atoms with van der Waals surface area (Å²) >= 11 is 0. The average Bonchev–Trinajstić information content (AvgIpc) is 3.02. The number of hydrogen-bond donors (Lipinski definition) is 2. The zero-order valence-corrected chi connectivity index (χ0v) is 20.5. The van der Waals surface area contributed by atoms with Gasteiger partial charge in [0.05, 0.1) is 22.6 Å². The number of nitrogen functional groups attached to an aromatic ring is 1. The Balaban J connectivity index is 1.51. The minimum atomic E-state index is -0.424. The van der Waals surface area contributed by atoms with Gasteiger partial charge in [-0.3, -0.25) is 4.79 Å². The number of pyridine rings is 1. The van der Waals surface area contributed by atoms with Crippen LogP contribution < -0.4 is 21.4 Å². The summed E-state index contributed by atoms with van der Waals surface area (Å²) in [6.07, 6.45) is 0. The van der Waals surface area contributed by atoms with Crippen LogP contribution in [0.3, 0.4) is 0 Å². The third-order valence-electron chi connectivity index (χ3n) is 6.54. The van der Waals surface area contributed by atoms with Gasteiger partial charge in [0.15, 0.2) is 5.82 Å². The van der Waals surface area contributed by atoms with Crippen molar-refractivity contribution in [2.75, 3.05) is 30.0 Å². The first kappa shape index (κ1) is 23.8. The maximum atomic E-state index is 12.7. The maximum absolute atomic E-state index is 12.7. The molecule has 0 unspecified atom stereocenters. The second-order valence-corrected chi connectivity index (χ2v) is 9.74. The molecule has 1 saturated heterocycles. The van der Waals surface area contributed by atoms with Crippen LogP contribution in [0.25, 0.3) is 11.3 Å². The standard InChI is InChI=1S/C26H31BN4O3/c1-25(2)26(3,4)34-27(33-25)19-11-7-17(8-12-19)22-16-15-21(28)23(29-22)30-24(32)18-9-13-20(14-10-18)31(5)6/h7-16H,28H2,1-6H3,(H,29,30,32). The third kappa shape index (κ3) is 4.65. The molecular weight excluding hydrogens is 427 g/mol. The van der Waals surface area contributed by atoms with Crippen LogP contribution in [0.1, 0.15) is 38.1 Å². The maximum Gasteiger partial charge on any atom is 0.494 e. The molecular formula is C26H31BN4O3. The molecule has 8 heteroatoms. The molecule has 176 valence electrons. The van der Waals surface area contributed by atoms with Gasteiger partial charge in [-0.05, 0) is 69.6 Å². The molecule has 1 aliphatic heterocycles. The molecule has 3 N–H and O–H groups in total. The molecule has 0 aliphatic carbocycles. The van der Waals surface area contributed by atoms with Gasteiger partial charge in [-0.1, -0.05) is 24.3 Å². The van der Waals surface area contributed by atoms with Crippen LogP contribution in [-0.4, -0.2) is 43.3 Å². The lowest BCUT2D eigenvalue weighted by atomic mass is 9.79. The number of carbonyl (C=O) groups excluding carboxylic acids is 1. The van der Waals surface area contributed by atoms with Gasteiger partial charge in [0.1, 0.15) is 0 Å². The van der Waals surface area contributed by atoms with Gasteiger partial charge < -0.3 is 25.3 Å². The van der Waals surface area contributed by atoms with E-state index in [4.69, 9.17) is 15.0 Å². The van der Waals surface area contributed by atoms with Crippen molar-refractivity contribution in [3.63, 3.8) is 0 Å². The second kappa shape index (κ2) is 8.78. The summed E-state index contributed by atoms with van der Waals surface area (Å²) < 4.78 is 12.3. The van der Waals surface area contributed by atoms with Crippen molar-refractivity contribution in [2.24, 2.45) is 0 Å². The smallest absolute Gasteiger partial charge is 0.399 e. The van der Waals surface area contributed by atoms with E-state index in [2.05, 4.69) is 10.3 Å². The minimum Gasteiger partial charge on any atom is -0.399 e. The van der Waals surface area contributed by atoms with Gasteiger partial charge in [-0.25, -0.2) is 4.98 Å². The monoisotopic (exact) mass is 458 g/mol. The number of nitrogens with zero attached hydrogens (tertiary/aromatic N) is 2. The molecule has 4 rings (SSSR count). The number of benzene rings is 2. The molecule has 1 fully saturated rings. The van der Waals surface area contributed by atoms with E-state index in [0.29, 0.717) is 22.8 Å². The Morgan fingerprint density at radius 1 is 0.912 bits per heavy atom. The van der Waals surface area contributed by atoms with E-state index in [1.165, 1.54) is 0 Å². The summed E-state index contributed by atoms with van der Waals surface area (Å²) in [4.78, 5) is 19.3. The van der Waals surface area contributed by atoms with Gasteiger partial charge >= 0.3 is 7.12 Å². The molecule has 0 radical (unpaired) electrons. The van der Waals surface area contributed by atoms with Gasteiger partial charge in [0.25, 0.3) is 5.91 Å². The lowest BCUT2D eigenvalue weighted by Gasteiger charge is -2.32. The largest absolute Gasteiger partial charge is 0.494 e. The number of nitrogens with one attached hydrogen (secondary N) is 1. The summed E-state index contributed by atoms with van der Waals surface area (Å²) in [5.41, 5.74) is 9.79. The molecule has 0 spiro atoms. The Morgan fingerprint density at radius 3 is 2.06 bits per heavy atom. The van der Waals surface area contributed by atoms with Crippen LogP contribution in [0, 0.1) is 0 Å². The summed E-state index contributed by atoms with van der Waals surface area (Å²) in [6, 6.07) is 18.8. The number of rotatable bonds is 5. The highest BCUT2D eigenvalue weighted by molar-refractivity contribution is 6.62. The molecule has 1 aliphatic rings. The van der Waals surface area contributed by atoms with Crippen molar-refractivity contribution < 1.29 is 14.1 Å². The number of anilines is 3.